The van der Waals surface area contributed by atoms with Crippen LogP contribution in [0.2, 0.25) is 0 Å². The molecular weight excluding hydrogens is 452 g/mol. The highest BCUT2D eigenvalue weighted by molar-refractivity contribution is 7.18. The number of carbonyl (C=O) groups is 1. The molecule has 0 unspecified atom stereocenters. The van der Waals surface area contributed by atoms with E-state index >= 15 is 0 Å². The number of carbonyl (C=O) groups excluding carboxylic acids is 1. The molecule has 0 saturated carbocycles. The Labute approximate surface area is 201 Å². The van der Waals surface area contributed by atoms with Crippen LogP contribution in [-0.4, -0.2) is 28.4 Å². The van der Waals surface area contributed by atoms with E-state index in [1.165, 1.54) is 24.0 Å². The molecule has 0 fully saturated rings. The molecule has 0 saturated heterocycles. The minimum absolute atomic E-state index is 0.286. The predicted octanol–water partition coefficient (Wildman–Crippen LogP) is 5.77. The van der Waals surface area contributed by atoms with Gasteiger partial charge >= 0.3 is 0 Å². The lowest BCUT2D eigenvalue weighted by molar-refractivity contribution is 0.102. The van der Waals surface area contributed by atoms with Gasteiger partial charge in [0.2, 0.25) is 5.13 Å². The highest BCUT2D eigenvalue weighted by Crippen LogP contribution is 2.31. The monoisotopic (exact) mass is 478 g/mol. The summed E-state index contributed by atoms with van der Waals surface area (Å²) < 4.78 is 16.5. The minimum atomic E-state index is -0.312. The molecule has 9 heteroatoms. The van der Waals surface area contributed by atoms with Gasteiger partial charge in [-0.2, -0.15) is 0 Å². The summed E-state index contributed by atoms with van der Waals surface area (Å²) in [5.74, 6) is 1.82. The van der Waals surface area contributed by atoms with Gasteiger partial charge in [-0.25, -0.2) is 0 Å². The summed E-state index contributed by atoms with van der Waals surface area (Å²) in [5.41, 5.74) is 4.30. The first-order valence-corrected chi connectivity index (χ1v) is 11.6. The van der Waals surface area contributed by atoms with Gasteiger partial charge in [-0.05, 0) is 43.5 Å². The van der Waals surface area contributed by atoms with Crippen molar-refractivity contribution in [3.05, 3.63) is 70.6 Å². The molecule has 4 rings (SSSR count). The average molecular weight is 479 g/mol. The molecule has 4 aromatic rings. The topological polar surface area (TPSA) is 99.4 Å². The van der Waals surface area contributed by atoms with E-state index in [0.717, 1.165) is 21.8 Å². The van der Waals surface area contributed by atoms with Gasteiger partial charge in [-0.3, -0.25) is 10.1 Å². The lowest BCUT2D eigenvalue weighted by Gasteiger charge is -2.12. The van der Waals surface area contributed by atoms with Crippen molar-refractivity contribution < 1.29 is 18.8 Å². The number of methoxy groups -OCH3 is 1. The second-order valence-electron chi connectivity index (χ2n) is 8.10. The molecule has 0 bridgehead atoms. The number of benzene rings is 2. The SMILES string of the molecule is COc1cc(C(=O)Nc2nnc(-c3ccc(C(C)C)cc3)s2)ccc1OCc1c(C)noc1C. The van der Waals surface area contributed by atoms with E-state index in [4.69, 9.17) is 14.0 Å². The molecular formula is C25H26N4O4S. The van der Waals surface area contributed by atoms with E-state index in [2.05, 4.69) is 46.7 Å². The molecule has 2 aromatic carbocycles. The van der Waals surface area contributed by atoms with Crippen LogP contribution in [0.4, 0.5) is 5.13 Å². The van der Waals surface area contributed by atoms with Gasteiger partial charge in [0.15, 0.2) is 11.5 Å². The van der Waals surface area contributed by atoms with Crippen LogP contribution < -0.4 is 14.8 Å². The van der Waals surface area contributed by atoms with Gasteiger partial charge in [0.1, 0.15) is 17.4 Å². The van der Waals surface area contributed by atoms with Crippen LogP contribution in [0.1, 0.15) is 52.7 Å². The summed E-state index contributed by atoms with van der Waals surface area (Å²) in [7, 11) is 1.53. The van der Waals surface area contributed by atoms with E-state index in [-0.39, 0.29) is 12.5 Å². The Bertz CT molecular complexity index is 1280. The number of amides is 1. The van der Waals surface area contributed by atoms with E-state index in [1.54, 1.807) is 18.2 Å². The first-order chi connectivity index (χ1) is 16.4. The highest BCUT2D eigenvalue weighted by Gasteiger charge is 2.16. The molecule has 1 N–H and O–H groups in total. The first kappa shape index (κ1) is 23.4. The van der Waals surface area contributed by atoms with Crippen molar-refractivity contribution in [2.75, 3.05) is 12.4 Å². The lowest BCUT2D eigenvalue weighted by atomic mass is 10.0. The van der Waals surface area contributed by atoms with E-state index in [1.807, 2.05) is 26.0 Å². The standard InChI is InChI=1S/C25H26N4O4S/c1-14(2)17-6-8-18(9-7-17)24-27-28-25(34-24)26-23(30)19-10-11-21(22(12-19)31-5)32-13-20-15(3)29-33-16(20)4/h6-12,14H,13H2,1-5H3,(H,26,28,30). The molecule has 1 amide bonds. The second kappa shape index (κ2) is 10.0. The van der Waals surface area contributed by atoms with Crippen molar-refractivity contribution in [1.82, 2.24) is 15.4 Å². The van der Waals surface area contributed by atoms with E-state index in [0.29, 0.717) is 33.9 Å². The van der Waals surface area contributed by atoms with Gasteiger partial charge in [-0.15, -0.1) is 10.2 Å². The van der Waals surface area contributed by atoms with Crippen LogP contribution in [0.3, 0.4) is 0 Å². The Kier molecular flexibility index (Phi) is 6.93. The normalized spacial score (nSPS) is 11.0. The maximum atomic E-state index is 12.8. The number of rotatable bonds is 8. The predicted molar refractivity (Wildman–Crippen MR) is 131 cm³/mol. The van der Waals surface area contributed by atoms with Crippen molar-refractivity contribution in [2.24, 2.45) is 0 Å². The van der Waals surface area contributed by atoms with Crippen molar-refractivity contribution in [1.29, 1.82) is 0 Å². The van der Waals surface area contributed by atoms with Crippen LogP contribution in [0.5, 0.6) is 11.5 Å². The number of anilines is 1. The molecule has 34 heavy (non-hydrogen) atoms. The smallest absolute Gasteiger partial charge is 0.257 e. The molecule has 2 aromatic heterocycles. The molecule has 0 radical (unpaired) electrons. The highest BCUT2D eigenvalue weighted by atomic mass is 32.1. The van der Waals surface area contributed by atoms with Crippen molar-refractivity contribution >= 4 is 22.4 Å². The zero-order valence-corrected chi connectivity index (χ0v) is 20.5. The number of hydrogen-bond acceptors (Lipinski definition) is 8. The zero-order chi connectivity index (χ0) is 24.2. The lowest BCUT2D eigenvalue weighted by Crippen LogP contribution is -2.12. The zero-order valence-electron chi connectivity index (χ0n) is 19.7. The third-order valence-corrected chi connectivity index (χ3v) is 6.34. The number of nitrogens with one attached hydrogen (secondary N) is 1. The number of aryl methyl sites for hydroxylation is 2. The molecule has 8 nitrogen and oxygen atoms in total. The summed E-state index contributed by atoms with van der Waals surface area (Å²) in [4.78, 5) is 12.8. The second-order valence-corrected chi connectivity index (χ2v) is 9.08. The third kappa shape index (κ3) is 5.09. The Hall–Kier alpha value is -3.72. The first-order valence-electron chi connectivity index (χ1n) is 10.8. The Morgan fingerprint density at radius 1 is 1.09 bits per heavy atom. The molecule has 0 atom stereocenters. The Balaban J connectivity index is 1.44. The summed E-state index contributed by atoms with van der Waals surface area (Å²) in [6.07, 6.45) is 0. The summed E-state index contributed by atoms with van der Waals surface area (Å²) in [6, 6.07) is 13.2. The maximum absolute atomic E-state index is 12.8. The third-order valence-electron chi connectivity index (χ3n) is 5.45. The minimum Gasteiger partial charge on any atom is -0.493 e. The molecule has 0 aliphatic heterocycles. The van der Waals surface area contributed by atoms with Crippen LogP contribution >= 0.6 is 11.3 Å². The van der Waals surface area contributed by atoms with E-state index in [9.17, 15) is 4.79 Å². The number of hydrogen-bond donors (Lipinski definition) is 1. The Morgan fingerprint density at radius 3 is 2.50 bits per heavy atom. The van der Waals surface area contributed by atoms with Crippen molar-refractivity contribution in [3.63, 3.8) is 0 Å². The fourth-order valence-corrected chi connectivity index (χ4v) is 4.10. The summed E-state index contributed by atoms with van der Waals surface area (Å²) >= 11 is 1.32. The van der Waals surface area contributed by atoms with Gasteiger partial charge in [0.25, 0.3) is 5.91 Å². The molecule has 176 valence electrons. The maximum Gasteiger partial charge on any atom is 0.257 e. The molecule has 0 aliphatic carbocycles. The van der Waals surface area contributed by atoms with Crippen LogP contribution in [0.25, 0.3) is 10.6 Å². The largest absolute Gasteiger partial charge is 0.493 e. The van der Waals surface area contributed by atoms with Crippen LogP contribution in [0.15, 0.2) is 47.0 Å². The average Bonchev–Trinajstić information content (AvgIpc) is 3.43. The van der Waals surface area contributed by atoms with Gasteiger partial charge in [-0.1, -0.05) is 54.6 Å². The summed E-state index contributed by atoms with van der Waals surface area (Å²) in [5, 5.41) is 16.2. The number of aromatic nitrogens is 3. The number of ether oxygens (including phenoxy) is 2. The molecule has 2 heterocycles. The van der Waals surface area contributed by atoms with Gasteiger partial charge < -0.3 is 14.0 Å². The van der Waals surface area contributed by atoms with Crippen LogP contribution in [0, 0.1) is 13.8 Å². The van der Waals surface area contributed by atoms with Gasteiger partial charge in [0.05, 0.1) is 18.4 Å². The van der Waals surface area contributed by atoms with Crippen molar-refractivity contribution in [3.8, 4) is 22.1 Å². The molecule has 0 spiro atoms. The molecule has 0 aliphatic rings. The number of nitrogens with zero attached hydrogens (tertiary/aromatic N) is 3. The van der Waals surface area contributed by atoms with Gasteiger partial charge in [0, 0.05) is 11.1 Å². The fraction of sp³-hybridized carbons (Fsp3) is 0.280. The van der Waals surface area contributed by atoms with E-state index < -0.39 is 0 Å². The van der Waals surface area contributed by atoms with Crippen LogP contribution in [-0.2, 0) is 6.61 Å². The summed E-state index contributed by atoms with van der Waals surface area (Å²) in [6.45, 7) is 8.29. The van der Waals surface area contributed by atoms with Crippen molar-refractivity contribution in [2.45, 2.75) is 40.2 Å². The fourth-order valence-electron chi connectivity index (χ4n) is 3.36. The quantitative estimate of drug-likeness (QED) is 0.343. The Morgan fingerprint density at radius 2 is 1.85 bits per heavy atom.